The molecule has 0 aliphatic carbocycles. The minimum Gasteiger partial charge on any atom is -0.453 e. The lowest BCUT2D eigenvalue weighted by atomic mass is 9.97. The van der Waals surface area contributed by atoms with E-state index in [-0.39, 0.29) is 11.8 Å². The Hall–Kier alpha value is -2.08. The van der Waals surface area contributed by atoms with E-state index in [0.717, 1.165) is 6.54 Å². The van der Waals surface area contributed by atoms with Crippen molar-refractivity contribution in [3.63, 3.8) is 0 Å². The summed E-state index contributed by atoms with van der Waals surface area (Å²) >= 11 is 0. The second-order valence-corrected chi connectivity index (χ2v) is 4.93. The van der Waals surface area contributed by atoms with E-state index in [1.54, 1.807) is 24.3 Å². The van der Waals surface area contributed by atoms with Crippen LogP contribution >= 0.6 is 0 Å². The molecular weight excluding hydrogens is 258 g/mol. The molecule has 2 atom stereocenters. The van der Waals surface area contributed by atoms with Crippen LogP contribution in [-0.2, 0) is 9.53 Å². The molecule has 1 aromatic rings. The van der Waals surface area contributed by atoms with Crippen LogP contribution in [0, 0.1) is 11.8 Å². The minimum absolute atomic E-state index is 0.00211. The average molecular weight is 277 g/mol. The number of nitrogens with one attached hydrogen (secondary N) is 3. The normalized spacial score (nSPS) is 21.3. The molecule has 1 aromatic carbocycles. The van der Waals surface area contributed by atoms with Gasteiger partial charge in [0.2, 0.25) is 5.91 Å². The lowest BCUT2D eigenvalue weighted by Crippen LogP contribution is -2.27. The third kappa shape index (κ3) is 3.48. The van der Waals surface area contributed by atoms with Crippen LogP contribution in [-0.4, -0.2) is 32.2 Å². The van der Waals surface area contributed by atoms with Crippen LogP contribution in [0.5, 0.6) is 0 Å². The molecule has 1 heterocycles. The molecule has 2 unspecified atom stereocenters. The summed E-state index contributed by atoms with van der Waals surface area (Å²) in [7, 11) is 1.30. The molecule has 1 aliphatic rings. The number of methoxy groups -OCH3 is 1. The number of amides is 2. The molecule has 2 amide bonds. The van der Waals surface area contributed by atoms with E-state index in [4.69, 9.17) is 0 Å². The number of hydrogen-bond donors (Lipinski definition) is 3. The van der Waals surface area contributed by atoms with Gasteiger partial charge in [0.05, 0.1) is 13.0 Å². The maximum Gasteiger partial charge on any atom is 0.411 e. The number of benzene rings is 1. The van der Waals surface area contributed by atoms with Gasteiger partial charge in [-0.1, -0.05) is 13.0 Å². The van der Waals surface area contributed by atoms with Gasteiger partial charge in [-0.25, -0.2) is 4.79 Å². The Morgan fingerprint density at radius 2 is 1.95 bits per heavy atom. The Morgan fingerprint density at radius 1 is 1.25 bits per heavy atom. The summed E-state index contributed by atoms with van der Waals surface area (Å²) in [6.07, 6.45) is -0.540. The number of hydrogen-bond acceptors (Lipinski definition) is 4. The second kappa shape index (κ2) is 6.38. The fraction of sp³-hybridized carbons (Fsp3) is 0.429. The van der Waals surface area contributed by atoms with Crippen LogP contribution in [0.1, 0.15) is 6.92 Å². The van der Waals surface area contributed by atoms with Gasteiger partial charge in [0, 0.05) is 17.9 Å². The molecule has 0 aromatic heterocycles. The van der Waals surface area contributed by atoms with E-state index in [1.807, 2.05) is 0 Å². The minimum atomic E-state index is -0.540. The fourth-order valence-corrected chi connectivity index (χ4v) is 2.24. The molecule has 108 valence electrons. The number of ether oxygens (including phenoxy) is 1. The van der Waals surface area contributed by atoms with E-state index < -0.39 is 6.09 Å². The van der Waals surface area contributed by atoms with Crippen LogP contribution in [0.4, 0.5) is 16.2 Å². The van der Waals surface area contributed by atoms with Crippen molar-refractivity contribution in [3.05, 3.63) is 24.3 Å². The fourth-order valence-electron chi connectivity index (χ4n) is 2.24. The molecule has 3 N–H and O–H groups in total. The van der Waals surface area contributed by atoms with Gasteiger partial charge < -0.3 is 15.4 Å². The highest BCUT2D eigenvalue weighted by Crippen LogP contribution is 2.20. The molecule has 6 heteroatoms. The van der Waals surface area contributed by atoms with Gasteiger partial charge in [-0.2, -0.15) is 0 Å². The highest BCUT2D eigenvalue weighted by molar-refractivity contribution is 5.94. The van der Waals surface area contributed by atoms with Gasteiger partial charge in [0.25, 0.3) is 0 Å². The first-order valence-corrected chi connectivity index (χ1v) is 6.56. The first-order chi connectivity index (χ1) is 9.60. The first kappa shape index (κ1) is 14.3. The van der Waals surface area contributed by atoms with Crippen molar-refractivity contribution in [3.8, 4) is 0 Å². The Kier molecular flexibility index (Phi) is 4.57. The predicted octanol–water partition coefficient (Wildman–Crippen LogP) is 1.66. The van der Waals surface area contributed by atoms with Crippen LogP contribution in [0.3, 0.4) is 0 Å². The Bertz CT molecular complexity index is 504. The third-order valence-corrected chi connectivity index (χ3v) is 3.42. The molecule has 0 spiro atoms. The molecule has 2 rings (SSSR count). The molecule has 20 heavy (non-hydrogen) atoms. The molecule has 0 radical (unpaired) electrons. The summed E-state index contributed by atoms with van der Waals surface area (Å²) in [5.41, 5.74) is 1.23. The summed E-state index contributed by atoms with van der Waals surface area (Å²) in [4.78, 5) is 23.3. The van der Waals surface area contributed by atoms with Crippen molar-refractivity contribution < 1.29 is 14.3 Å². The molecule has 1 saturated heterocycles. The number of rotatable bonds is 3. The number of carbonyl (C=O) groups is 2. The van der Waals surface area contributed by atoms with Crippen LogP contribution in [0.25, 0.3) is 0 Å². The molecule has 6 nitrogen and oxygen atoms in total. The monoisotopic (exact) mass is 277 g/mol. The average Bonchev–Trinajstić information content (AvgIpc) is 2.85. The van der Waals surface area contributed by atoms with Gasteiger partial charge in [-0.3, -0.25) is 10.1 Å². The van der Waals surface area contributed by atoms with E-state index in [1.165, 1.54) is 7.11 Å². The lowest BCUT2D eigenvalue weighted by Gasteiger charge is -2.14. The lowest BCUT2D eigenvalue weighted by molar-refractivity contribution is -0.120. The van der Waals surface area contributed by atoms with Crippen LogP contribution < -0.4 is 16.0 Å². The van der Waals surface area contributed by atoms with E-state index >= 15 is 0 Å². The van der Waals surface area contributed by atoms with Crippen molar-refractivity contribution >= 4 is 23.4 Å². The molecule has 1 aliphatic heterocycles. The van der Waals surface area contributed by atoms with Crippen molar-refractivity contribution in [2.75, 3.05) is 30.8 Å². The van der Waals surface area contributed by atoms with Gasteiger partial charge in [-0.15, -0.1) is 0 Å². The summed E-state index contributed by atoms with van der Waals surface area (Å²) in [5, 5.41) is 8.63. The zero-order chi connectivity index (χ0) is 14.5. The largest absolute Gasteiger partial charge is 0.453 e. The summed E-state index contributed by atoms with van der Waals surface area (Å²) in [6, 6.07) is 6.97. The summed E-state index contributed by atoms with van der Waals surface area (Å²) in [6.45, 7) is 3.62. The van der Waals surface area contributed by atoms with Crippen molar-refractivity contribution in [2.24, 2.45) is 11.8 Å². The second-order valence-electron chi connectivity index (χ2n) is 4.93. The van der Waals surface area contributed by atoms with Gasteiger partial charge >= 0.3 is 6.09 Å². The smallest absolute Gasteiger partial charge is 0.411 e. The third-order valence-electron chi connectivity index (χ3n) is 3.42. The number of carbonyl (C=O) groups excluding carboxylic acids is 2. The standard InChI is InChI=1S/C14H19N3O3/c1-9-7-15-8-12(9)13(18)16-10-4-3-5-11(6-10)17-14(19)20-2/h3-6,9,12,15H,7-8H2,1-2H3,(H,16,18)(H,17,19). The van der Waals surface area contributed by atoms with Crippen molar-refractivity contribution in [2.45, 2.75) is 6.92 Å². The topological polar surface area (TPSA) is 79.5 Å². The van der Waals surface area contributed by atoms with Gasteiger partial charge in [0.1, 0.15) is 0 Å². The van der Waals surface area contributed by atoms with E-state index in [0.29, 0.717) is 23.8 Å². The van der Waals surface area contributed by atoms with Gasteiger partial charge in [-0.05, 0) is 30.7 Å². The quantitative estimate of drug-likeness (QED) is 0.785. The Morgan fingerprint density at radius 3 is 2.55 bits per heavy atom. The van der Waals surface area contributed by atoms with E-state index in [9.17, 15) is 9.59 Å². The zero-order valence-electron chi connectivity index (χ0n) is 11.6. The van der Waals surface area contributed by atoms with Crippen molar-refractivity contribution in [1.29, 1.82) is 0 Å². The predicted molar refractivity (Wildman–Crippen MR) is 76.6 cm³/mol. The zero-order valence-corrected chi connectivity index (χ0v) is 11.6. The summed E-state index contributed by atoms with van der Waals surface area (Å²) in [5.74, 6) is 0.302. The number of anilines is 2. The molecule has 0 bridgehead atoms. The van der Waals surface area contributed by atoms with Gasteiger partial charge in [0.15, 0.2) is 0 Å². The van der Waals surface area contributed by atoms with Crippen LogP contribution in [0.2, 0.25) is 0 Å². The van der Waals surface area contributed by atoms with Crippen molar-refractivity contribution in [1.82, 2.24) is 5.32 Å². The first-order valence-electron chi connectivity index (χ1n) is 6.56. The Balaban J connectivity index is 2.00. The molecular formula is C14H19N3O3. The molecule has 0 saturated carbocycles. The molecule has 1 fully saturated rings. The maximum atomic E-state index is 12.2. The highest BCUT2D eigenvalue weighted by Gasteiger charge is 2.29. The van der Waals surface area contributed by atoms with Crippen LogP contribution in [0.15, 0.2) is 24.3 Å². The SMILES string of the molecule is COC(=O)Nc1cccc(NC(=O)C2CNCC2C)c1. The highest BCUT2D eigenvalue weighted by atomic mass is 16.5. The van der Waals surface area contributed by atoms with E-state index in [2.05, 4.69) is 27.6 Å². The maximum absolute atomic E-state index is 12.2. The summed E-state index contributed by atoms with van der Waals surface area (Å²) < 4.78 is 4.52. The Labute approximate surface area is 117 Å².